The van der Waals surface area contributed by atoms with Gasteiger partial charge in [0.25, 0.3) is 11.8 Å². The molecular weight excluding hydrogens is 396 g/mol. The molecule has 0 aliphatic carbocycles. The molecule has 1 heterocycles. The van der Waals surface area contributed by atoms with Crippen LogP contribution in [-0.2, 0) is 14.4 Å². The molecular formula is C23H20N4O4. The summed E-state index contributed by atoms with van der Waals surface area (Å²) in [7, 11) is 3.98. The number of hydrogen-bond donors (Lipinski definition) is 0. The van der Waals surface area contributed by atoms with E-state index in [1.165, 1.54) is 12.1 Å². The monoisotopic (exact) mass is 416 g/mol. The van der Waals surface area contributed by atoms with Crippen molar-refractivity contribution in [3.63, 3.8) is 0 Å². The van der Waals surface area contributed by atoms with E-state index in [0.29, 0.717) is 10.8 Å². The van der Waals surface area contributed by atoms with Crippen LogP contribution in [0, 0.1) is 0 Å². The van der Waals surface area contributed by atoms with Crippen molar-refractivity contribution in [1.29, 1.82) is 0 Å². The molecule has 1 saturated heterocycles. The molecule has 31 heavy (non-hydrogen) atoms. The van der Waals surface area contributed by atoms with Crippen LogP contribution < -0.4 is 4.90 Å². The summed E-state index contributed by atoms with van der Waals surface area (Å²) in [6, 6.07) is 18.1. The van der Waals surface area contributed by atoms with Gasteiger partial charge in [-0.25, -0.2) is 4.79 Å². The first kappa shape index (κ1) is 20.2. The number of carbonyl (C=O) groups is 3. The predicted octanol–water partition coefficient (Wildman–Crippen LogP) is 4.54. The van der Waals surface area contributed by atoms with E-state index >= 15 is 0 Å². The number of hydroxylamine groups is 2. The highest BCUT2D eigenvalue weighted by molar-refractivity contribution is 6.03. The van der Waals surface area contributed by atoms with E-state index in [0.717, 1.165) is 22.1 Å². The number of nitrogens with zero attached hydrogens (tertiary/aromatic N) is 4. The standard InChI is InChI=1S/C23H20N4O4/c1-26(2)20-12-11-19(17-5-3-4-6-18(17)20)25-24-16-9-7-15(8-10-16)23(30)31-27-21(28)13-14-22(27)29/h3-12H,13-14H2,1-2H3. The highest BCUT2D eigenvalue weighted by atomic mass is 16.7. The number of fused-ring (bicyclic) bond motifs is 1. The number of benzene rings is 3. The van der Waals surface area contributed by atoms with Gasteiger partial charge < -0.3 is 9.74 Å². The van der Waals surface area contributed by atoms with E-state index in [4.69, 9.17) is 4.84 Å². The molecule has 2 amide bonds. The van der Waals surface area contributed by atoms with E-state index in [9.17, 15) is 14.4 Å². The van der Waals surface area contributed by atoms with Gasteiger partial charge in [0.2, 0.25) is 0 Å². The number of imide groups is 1. The Labute approximate surface area is 178 Å². The SMILES string of the molecule is CN(C)c1ccc(N=Nc2ccc(C(=O)ON3C(=O)CCC3=O)cc2)c2ccccc12. The van der Waals surface area contributed by atoms with Crippen LogP contribution in [0.15, 0.2) is 70.9 Å². The van der Waals surface area contributed by atoms with Crippen molar-refractivity contribution < 1.29 is 19.2 Å². The molecule has 0 saturated carbocycles. The number of amides is 2. The molecule has 3 aromatic carbocycles. The fourth-order valence-corrected chi connectivity index (χ4v) is 3.31. The van der Waals surface area contributed by atoms with Crippen molar-refractivity contribution >= 4 is 45.6 Å². The number of carbonyl (C=O) groups excluding carboxylic acids is 3. The second kappa shape index (κ2) is 8.35. The first-order valence-electron chi connectivity index (χ1n) is 9.73. The molecule has 156 valence electrons. The Bertz CT molecular complexity index is 1190. The van der Waals surface area contributed by atoms with Crippen LogP contribution in [-0.4, -0.2) is 36.9 Å². The molecule has 0 atom stereocenters. The Morgan fingerprint density at radius 2 is 1.52 bits per heavy atom. The molecule has 3 aromatic rings. The molecule has 1 fully saturated rings. The van der Waals surface area contributed by atoms with Crippen LogP contribution in [0.25, 0.3) is 10.8 Å². The van der Waals surface area contributed by atoms with Gasteiger partial charge in [-0.05, 0) is 36.4 Å². The van der Waals surface area contributed by atoms with Gasteiger partial charge in [0.1, 0.15) is 0 Å². The minimum Gasteiger partial charge on any atom is -0.377 e. The maximum Gasteiger partial charge on any atom is 0.363 e. The zero-order valence-corrected chi connectivity index (χ0v) is 17.1. The smallest absolute Gasteiger partial charge is 0.363 e. The average Bonchev–Trinajstić information content (AvgIpc) is 3.09. The molecule has 1 aliphatic rings. The third kappa shape index (κ3) is 4.13. The van der Waals surface area contributed by atoms with Gasteiger partial charge in [-0.15, -0.1) is 10.2 Å². The van der Waals surface area contributed by atoms with Gasteiger partial charge >= 0.3 is 5.97 Å². The third-order valence-electron chi connectivity index (χ3n) is 4.92. The van der Waals surface area contributed by atoms with Crippen molar-refractivity contribution in [1.82, 2.24) is 5.06 Å². The van der Waals surface area contributed by atoms with E-state index in [-0.39, 0.29) is 18.4 Å². The lowest BCUT2D eigenvalue weighted by Gasteiger charge is -2.16. The minimum absolute atomic E-state index is 0.0512. The van der Waals surface area contributed by atoms with Gasteiger partial charge in [0, 0.05) is 43.4 Å². The maximum absolute atomic E-state index is 12.2. The first-order chi connectivity index (χ1) is 14.9. The quantitative estimate of drug-likeness (QED) is 0.450. The lowest BCUT2D eigenvalue weighted by atomic mass is 10.1. The Hall–Kier alpha value is -4.07. The Morgan fingerprint density at radius 3 is 2.16 bits per heavy atom. The fraction of sp³-hybridized carbons (Fsp3) is 0.174. The molecule has 8 heteroatoms. The van der Waals surface area contributed by atoms with Crippen LogP contribution in [0.1, 0.15) is 23.2 Å². The minimum atomic E-state index is -0.780. The molecule has 0 bridgehead atoms. The second-order valence-electron chi connectivity index (χ2n) is 7.25. The first-order valence-corrected chi connectivity index (χ1v) is 9.73. The van der Waals surface area contributed by atoms with Crippen molar-refractivity contribution in [3.8, 4) is 0 Å². The summed E-state index contributed by atoms with van der Waals surface area (Å²) in [5.74, 6) is -1.81. The summed E-state index contributed by atoms with van der Waals surface area (Å²) in [6.07, 6.45) is 0.102. The largest absolute Gasteiger partial charge is 0.377 e. The van der Waals surface area contributed by atoms with Crippen LogP contribution in [0.5, 0.6) is 0 Å². The maximum atomic E-state index is 12.2. The molecule has 0 radical (unpaired) electrons. The Morgan fingerprint density at radius 1 is 0.871 bits per heavy atom. The fourth-order valence-electron chi connectivity index (χ4n) is 3.31. The summed E-state index contributed by atoms with van der Waals surface area (Å²) < 4.78 is 0. The highest BCUT2D eigenvalue weighted by Crippen LogP contribution is 2.34. The zero-order chi connectivity index (χ0) is 22.0. The topological polar surface area (TPSA) is 91.6 Å². The van der Waals surface area contributed by atoms with Crippen molar-refractivity contribution in [2.45, 2.75) is 12.8 Å². The molecule has 0 spiro atoms. The van der Waals surface area contributed by atoms with Gasteiger partial charge in [0.15, 0.2) is 0 Å². The summed E-state index contributed by atoms with van der Waals surface area (Å²) in [6.45, 7) is 0. The lowest BCUT2D eigenvalue weighted by Crippen LogP contribution is -2.32. The van der Waals surface area contributed by atoms with E-state index in [2.05, 4.69) is 10.2 Å². The molecule has 4 rings (SSSR count). The summed E-state index contributed by atoms with van der Waals surface area (Å²) in [4.78, 5) is 42.3. The molecule has 8 nitrogen and oxygen atoms in total. The van der Waals surface area contributed by atoms with Crippen LogP contribution in [0.3, 0.4) is 0 Å². The molecule has 0 unspecified atom stereocenters. The Kier molecular flexibility index (Phi) is 5.44. The summed E-state index contributed by atoms with van der Waals surface area (Å²) >= 11 is 0. The van der Waals surface area contributed by atoms with E-state index in [1.807, 2.05) is 55.4 Å². The van der Waals surface area contributed by atoms with E-state index in [1.54, 1.807) is 12.1 Å². The second-order valence-corrected chi connectivity index (χ2v) is 7.25. The highest BCUT2D eigenvalue weighted by Gasteiger charge is 2.33. The number of azo groups is 1. The van der Waals surface area contributed by atoms with Crippen molar-refractivity contribution in [2.75, 3.05) is 19.0 Å². The molecule has 1 aliphatic heterocycles. The molecule has 0 aromatic heterocycles. The van der Waals surface area contributed by atoms with Gasteiger partial charge in [0.05, 0.1) is 16.9 Å². The van der Waals surface area contributed by atoms with Crippen molar-refractivity contribution in [3.05, 3.63) is 66.2 Å². The number of hydrogen-bond acceptors (Lipinski definition) is 7. The van der Waals surface area contributed by atoms with Crippen molar-refractivity contribution in [2.24, 2.45) is 10.2 Å². The predicted molar refractivity (Wildman–Crippen MR) is 115 cm³/mol. The zero-order valence-electron chi connectivity index (χ0n) is 17.1. The summed E-state index contributed by atoms with van der Waals surface area (Å²) in [5.41, 5.74) is 2.57. The summed E-state index contributed by atoms with van der Waals surface area (Å²) in [5, 5.41) is 11.2. The lowest BCUT2D eigenvalue weighted by molar-refractivity contribution is -0.172. The van der Waals surface area contributed by atoms with Crippen LogP contribution in [0.4, 0.5) is 17.1 Å². The van der Waals surface area contributed by atoms with Gasteiger partial charge in [-0.3, -0.25) is 9.59 Å². The van der Waals surface area contributed by atoms with Gasteiger partial charge in [-0.2, -0.15) is 5.11 Å². The van der Waals surface area contributed by atoms with Gasteiger partial charge in [-0.1, -0.05) is 24.3 Å². The van der Waals surface area contributed by atoms with Crippen LogP contribution in [0.2, 0.25) is 0 Å². The Balaban J connectivity index is 1.52. The normalized spacial score (nSPS) is 13.9. The third-order valence-corrected chi connectivity index (χ3v) is 4.92. The molecule has 0 N–H and O–H groups in total. The number of anilines is 1. The number of rotatable bonds is 5. The van der Waals surface area contributed by atoms with E-state index < -0.39 is 17.8 Å². The van der Waals surface area contributed by atoms with Crippen LogP contribution >= 0.6 is 0 Å². The average molecular weight is 416 g/mol.